The topological polar surface area (TPSA) is 121 Å². The van der Waals surface area contributed by atoms with Gasteiger partial charge >= 0.3 is 21.3 Å². The number of alkyl halides is 2. The molecule has 1 fully saturated rings. The van der Waals surface area contributed by atoms with Crippen LogP contribution in [0.4, 0.5) is 8.78 Å². The molecule has 1 aliphatic rings. The van der Waals surface area contributed by atoms with Crippen molar-refractivity contribution < 1.29 is 41.5 Å². The van der Waals surface area contributed by atoms with Crippen LogP contribution in [0.3, 0.4) is 0 Å². The third-order valence-corrected chi connectivity index (χ3v) is 5.34. The minimum absolute atomic E-state index is 0.0727. The molecule has 0 spiro atoms. The number of halogens is 2. The lowest BCUT2D eigenvalue weighted by atomic mass is 9.62. The molecular weight excluding hydrogens is 374 g/mol. The van der Waals surface area contributed by atoms with E-state index in [2.05, 4.69) is 11.3 Å². The largest absolute Gasteiger partial charge is 0.465 e. The molecule has 0 amide bonds. The van der Waals surface area contributed by atoms with Gasteiger partial charge < -0.3 is 14.9 Å². The second-order valence-corrected chi connectivity index (χ2v) is 9.41. The van der Waals surface area contributed by atoms with E-state index in [9.17, 15) is 32.2 Å². The van der Waals surface area contributed by atoms with E-state index >= 15 is 0 Å². The Bertz CT molecular complexity index is 645. The Labute approximate surface area is 151 Å². The molecule has 0 aromatic carbocycles. The average molecular weight is 400 g/mol. The van der Waals surface area contributed by atoms with Crippen molar-refractivity contribution >= 4 is 16.1 Å². The highest BCUT2D eigenvalue weighted by atomic mass is 32.2. The lowest BCUT2D eigenvalue weighted by molar-refractivity contribution is -0.165. The van der Waals surface area contributed by atoms with Gasteiger partial charge in [-0.3, -0.25) is 4.55 Å². The molecule has 0 heterocycles. The van der Waals surface area contributed by atoms with E-state index in [1.807, 2.05) is 0 Å². The van der Waals surface area contributed by atoms with Crippen LogP contribution in [0, 0.1) is 16.7 Å². The molecule has 2 unspecified atom stereocenters. The van der Waals surface area contributed by atoms with Crippen molar-refractivity contribution in [2.45, 2.75) is 44.8 Å². The van der Waals surface area contributed by atoms with Crippen LogP contribution in [-0.2, 0) is 19.6 Å². The first kappa shape index (κ1) is 22.9. The molecule has 1 aliphatic carbocycles. The van der Waals surface area contributed by atoms with E-state index in [1.54, 1.807) is 13.8 Å². The zero-order valence-corrected chi connectivity index (χ0v) is 15.7. The zero-order chi connectivity index (χ0) is 20.4. The molecule has 26 heavy (non-hydrogen) atoms. The maximum Gasteiger partial charge on any atom is 0.465 e. The Hall–Kier alpha value is -1.10. The third kappa shape index (κ3) is 5.45. The van der Waals surface area contributed by atoms with Gasteiger partial charge in [0.05, 0.1) is 6.61 Å². The fourth-order valence-corrected chi connectivity index (χ4v) is 3.99. The van der Waals surface area contributed by atoms with Gasteiger partial charge in [0.1, 0.15) is 0 Å². The van der Waals surface area contributed by atoms with Gasteiger partial charge in [0.25, 0.3) is 0 Å². The number of ether oxygens (including phenoxy) is 1. The van der Waals surface area contributed by atoms with Crippen molar-refractivity contribution in [3.05, 3.63) is 12.2 Å². The summed E-state index contributed by atoms with van der Waals surface area (Å²) < 4.78 is 60.5. The predicted molar refractivity (Wildman–Crippen MR) is 88.9 cm³/mol. The summed E-state index contributed by atoms with van der Waals surface area (Å²) in [7, 11) is -5.92. The zero-order valence-electron chi connectivity index (χ0n) is 14.9. The summed E-state index contributed by atoms with van der Waals surface area (Å²) in [5, 5.41) is 14.3. The number of aliphatic hydroxyl groups is 2. The molecule has 0 aliphatic heterocycles. The van der Waals surface area contributed by atoms with Gasteiger partial charge in [-0.05, 0) is 42.4 Å². The molecule has 2 atom stereocenters. The lowest BCUT2D eigenvalue weighted by Gasteiger charge is -2.44. The number of esters is 1. The smallest absolute Gasteiger partial charge is 0.460 e. The Morgan fingerprint density at radius 2 is 1.96 bits per heavy atom. The number of allylic oxidation sites excluding steroid dienone is 1. The van der Waals surface area contributed by atoms with E-state index in [-0.39, 0.29) is 25.6 Å². The van der Waals surface area contributed by atoms with Crippen molar-refractivity contribution in [3.8, 4) is 0 Å². The Morgan fingerprint density at radius 1 is 1.38 bits per heavy atom. The predicted octanol–water partition coefficient (Wildman–Crippen LogP) is 1.75. The summed E-state index contributed by atoms with van der Waals surface area (Å²) in [5.74, 6) is -2.43. The molecule has 0 aromatic heterocycles. The van der Waals surface area contributed by atoms with Gasteiger partial charge in [-0.25, -0.2) is 4.79 Å². The van der Waals surface area contributed by atoms with E-state index in [1.165, 1.54) is 0 Å². The molecule has 1 saturated carbocycles. The minimum atomic E-state index is -5.92. The van der Waals surface area contributed by atoms with Crippen molar-refractivity contribution in [2.75, 3.05) is 19.8 Å². The summed E-state index contributed by atoms with van der Waals surface area (Å²) in [4.78, 5) is 11.3. The van der Waals surface area contributed by atoms with Crippen molar-refractivity contribution in [3.63, 3.8) is 0 Å². The van der Waals surface area contributed by atoms with E-state index in [0.717, 1.165) is 5.57 Å². The van der Waals surface area contributed by atoms with Gasteiger partial charge in [-0.15, -0.1) is 0 Å². The van der Waals surface area contributed by atoms with Crippen LogP contribution in [0.5, 0.6) is 0 Å². The molecule has 0 radical (unpaired) electrons. The van der Waals surface area contributed by atoms with Crippen LogP contribution in [-0.4, -0.2) is 54.2 Å². The first-order valence-electron chi connectivity index (χ1n) is 8.08. The average Bonchev–Trinajstić information content (AvgIpc) is 2.50. The second-order valence-electron chi connectivity index (χ2n) is 7.95. The van der Waals surface area contributed by atoms with Crippen molar-refractivity contribution in [1.29, 1.82) is 0 Å². The van der Waals surface area contributed by atoms with Crippen LogP contribution in [0.2, 0.25) is 0 Å². The van der Waals surface area contributed by atoms with Gasteiger partial charge in [0.15, 0.2) is 0 Å². The molecule has 3 N–H and O–H groups in total. The Balaban J connectivity index is 2.84. The number of rotatable bonds is 8. The molecule has 152 valence electrons. The third-order valence-electron chi connectivity index (χ3n) is 4.53. The normalized spacial score (nSPS) is 25.2. The number of carbonyl (C=O) groups is 1. The minimum Gasteiger partial charge on any atom is -0.460 e. The molecule has 7 nitrogen and oxygen atoms in total. The summed E-state index contributed by atoms with van der Waals surface area (Å²) >= 11 is 0. The van der Waals surface area contributed by atoms with Crippen molar-refractivity contribution in [2.24, 2.45) is 16.7 Å². The molecule has 10 heteroatoms. The maximum atomic E-state index is 13.3. The van der Waals surface area contributed by atoms with Crippen LogP contribution < -0.4 is 0 Å². The SMILES string of the molecule is C=C1CC(CO)CC(CO)(CC(C)(C)COC(=O)C(F)(F)S(=O)(=O)O)C1. The molecular formula is C16H26F2O7S. The molecule has 1 rings (SSSR count). The van der Waals surface area contributed by atoms with E-state index in [0.29, 0.717) is 19.3 Å². The quantitative estimate of drug-likeness (QED) is 0.322. The Morgan fingerprint density at radius 3 is 2.42 bits per heavy atom. The summed E-state index contributed by atoms with van der Waals surface area (Å²) in [6.45, 7) is 6.33. The summed E-state index contributed by atoms with van der Waals surface area (Å²) in [6.07, 6.45) is 1.89. The summed E-state index contributed by atoms with van der Waals surface area (Å²) in [5.41, 5.74) is -0.662. The fraction of sp³-hybridized carbons (Fsp3) is 0.812. The lowest BCUT2D eigenvalue weighted by Crippen LogP contribution is -2.42. The van der Waals surface area contributed by atoms with E-state index < -0.39 is 38.8 Å². The van der Waals surface area contributed by atoms with Crippen LogP contribution >= 0.6 is 0 Å². The second kappa shape index (κ2) is 7.87. The number of carbonyl (C=O) groups excluding carboxylic acids is 1. The standard InChI is InChI=1S/C16H26F2O7S/c1-11-4-12(7-19)6-15(5-11,9-20)8-14(2,3)10-25-13(21)16(17,18)26(22,23)24/h12,19-20H,1,4-10H2,2-3H3,(H,22,23,24). The highest BCUT2D eigenvalue weighted by Gasteiger charge is 2.54. The number of hydrogen-bond acceptors (Lipinski definition) is 6. The maximum absolute atomic E-state index is 13.3. The van der Waals surface area contributed by atoms with Gasteiger partial charge in [0, 0.05) is 13.2 Å². The fourth-order valence-electron chi connectivity index (χ4n) is 3.72. The van der Waals surface area contributed by atoms with Gasteiger partial charge in [-0.1, -0.05) is 26.0 Å². The molecule has 0 bridgehead atoms. The first-order valence-corrected chi connectivity index (χ1v) is 9.52. The highest BCUT2D eigenvalue weighted by molar-refractivity contribution is 7.87. The highest BCUT2D eigenvalue weighted by Crippen LogP contribution is 2.48. The van der Waals surface area contributed by atoms with E-state index in [4.69, 9.17) is 4.55 Å². The molecule has 0 aromatic rings. The van der Waals surface area contributed by atoms with Crippen molar-refractivity contribution in [1.82, 2.24) is 0 Å². The van der Waals surface area contributed by atoms with Gasteiger partial charge in [-0.2, -0.15) is 17.2 Å². The summed E-state index contributed by atoms with van der Waals surface area (Å²) in [6, 6.07) is 0. The van der Waals surface area contributed by atoms with Crippen LogP contribution in [0.15, 0.2) is 12.2 Å². The monoisotopic (exact) mass is 400 g/mol. The molecule has 0 saturated heterocycles. The number of aliphatic hydroxyl groups excluding tert-OH is 2. The number of hydrogen-bond donors (Lipinski definition) is 3. The first-order chi connectivity index (χ1) is 11.7. The van der Waals surface area contributed by atoms with Crippen LogP contribution in [0.25, 0.3) is 0 Å². The van der Waals surface area contributed by atoms with Crippen LogP contribution in [0.1, 0.15) is 39.5 Å². The Kier molecular flexibility index (Phi) is 6.95. The van der Waals surface area contributed by atoms with Gasteiger partial charge in [0.2, 0.25) is 0 Å².